The lowest BCUT2D eigenvalue weighted by Gasteiger charge is -2.34. The fraction of sp³-hybridized carbons (Fsp3) is 1.00. The zero-order chi connectivity index (χ0) is 14.1. The van der Waals surface area contributed by atoms with Gasteiger partial charge in [0.1, 0.15) is 0 Å². The van der Waals surface area contributed by atoms with Crippen molar-refractivity contribution in [3.63, 3.8) is 0 Å². The Morgan fingerprint density at radius 3 is 2.89 bits per heavy atom. The summed E-state index contributed by atoms with van der Waals surface area (Å²) >= 11 is 0. The molecule has 0 amide bonds. The molecule has 0 radical (unpaired) electrons. The van der Waals surface area contributed by atoms with Crippen LogP contribution in [0.4, 0.5) is 0 Å². The average Bonchev–Trinajstić information content (AvgIpc) is 2.35. The molecule has 0 unspecified atom stereocenters. The van der Waals surface area contributed by atoms with Crippen molar-refractivity contribution >= 4 is 0 Å². The molecule has 19 heavy (non-hydrogen) atoms. The van der Waals surface area contributed by atoms with E-state index in [4.69, 9.17) is 4.74 Å². The highest BCUT2D eigenvalue weighted by Crippen LogP contribution is 2.06. The smallest absolute Gasteiger partial charge is 0.0829 e. The van der Waals surface area contributed by atoms with Gasteiger partial charge in [-0.15, -0.1) is 0 Å². The second kappa shape index (κ2) is 9.70. The number of nitrogens with zero attached hydrogens (tertiary/aromatic N) is 2. The van der Waals surface area contributed by atoms with Crippen LogP contribution in [0.5, 0.6) is 0 Å². The first kappa shape index (κ1) is 16.9. The molecule has 0 aromatic rings. The largest absolute Gasteiger partial charge is 0.374 e. The van der Waals surface area contributed by atoms with E-state index in [1.807, 2.05) is 0 Å². The molecule has 4 heteroatoms. The molecular weight excluding hydrogens is 238 g/mol. The number of hydrogen-bond acceptors (Lipinski definition) is 4. The fourth-order valence-electron chi connectivity index (χ4n) is 2.54. The summed E-state index contributed by atoms with van der Waals surface area (Å²) in [5, 5.41) is 3.52. The highest BCUT2D eigenvalue weighted by molar-refractivity contribution is 4.74. The van der Waals surface area contributed by atoms with Crippen LogP contribution in [0.15, 0.2) is 0 Å². The van der Waals surface area contributed by atoms with Crippen LogP contribution >= 0.6 is 0 Å². The Kier molecular flexibility index (Phi) is 8.62. The van der Waals surface area contributed by atoms with E-state index in [9.17, 15) is 0 Å². The molecule has 0 aromatic carbocycles. The average molecular weight is 271 g/mol. The fourth-order valence-corrected chi connectivity index (χ4v) is 2.54. The third-order valence-corrected chi connectivity index (χ3v) is 3.50. The van der Waals surface area contributed by atoms with Gasteiger partial charge in [-0.05, 0) is 32.5 Å². The van der Waals surface area contributed by atoms with Crippen molar-refractivity contribution < 1.29 is 4.74 Å². The third kappa shape index (κ3) is 7.88. The van der Waals surface area contributed by atoms with Gasteiger partial charge in [-0.2, -0.15) is 0 Å². The topological polar surface area (TPSA) is 27.7 Å². The second-order valence-electron chi connectivity index (χ2n) is 6.15. The van der Waals surface area contributed by atoms with Crippen molar-refractivity contribution in [3.8, 4) is 0 Å². The molecule has 4 nitrogen and oxygen atoms in total. The molecule has 0 saturated carbocycles. The predicted molar refractivity (Wildman–Crippen MR) is 81.7 cm³/mol. The van der Waals surface area contributed by atoms with Crippen LogP contribution in [0.1, 0.15) is 27.2 Å². The minimum Gasteiger partial charge on any atom is -0.374 e. The summed E-state index contributed by atoms with van der Waals surface area (Å²) in [6.07, 6.45) is 1.60. The van der Waals surface area contributed by atoms with Gasteiger partial charge in [0, 0.05) is 32.7 Å². The summed E-state index contributed by atoms with van der Waals surface area (Å²) in [5.41, 5.74) is 0. The molecular formula is C15H33N3O. The summed E-state index contributed by atoms with van der Waals surface area (Å²) in [4.78, 5) is 4.91. The maximum absolute atomic E-state index is 5.87. The molecule has 1 rings (SSSR count). The Labute approximate surface area is 119 Å². The first-order valence-electron chi connectivity index (χ1n) is 7.85. The highest BCUT2D eigenvalue weighted by Gasteiger charge is 2.20. The van der Waals surface area contributed by atoms with Crippen LogP contribution in [0, 0.1) is 5.92 Å². The summed E-state index contributed by atoms with van der Waals surface area (Å²) in [7, 11) is 2.19. The van der Waals surface area contributed by atoms with Crippen LogP contribution in [0.3, 0.4) is 0 Å². The number of likely N-dealkylation sites (N-methyl/N-ethyl adjacent to an activating group) is 1. The van der Waals surface area contributed by atoms with E-state index < -0.39 is 0 Å². The summed E-state index contributed by atoms with van der Waals surface area (Å²) in [6, 6.07) is 0. The Bertz CT molecular complexity index is 223. The van der Waals surface area contributed by atoms with Crippen molar-refractivity contribution in [3.05, 3.63) is 0 Å². The molecule has 1 atom stereocenters. The van der Waals surface area contributed by atoms with E-state index in [0.717, 1.165) is 58.3 Å². The van der Waals surface area contributed by atoms with E-state index in [2.05, 4.69) is 42.9 Å². The number of ether oxygens (including phenoxy) is 1. The maximum atomic E-state index is 5.87. The summed E-state index contributed by atoms with van der Waals surface area (Å²) < 4.78 is 5.87. The van der Waals surface area contributed by atoms with Crippen LogP contribution in [-0.2, 0) is 4.74 Å². The molecule has 0 bridgehead atoms. The Morgan fingerprint density at radius 2 is 2.21 bits per heavy atom. The SMILES string of the molecule is CCCN(C)C[C@H]1CN(CCNCC(C)C)CCO1. The van der Waals surface area contributed by atoms with E-state index in [1.165, 1.54) is 6.42 Å². The van der Waals surface area contributed by atoms with Crippen molar-refractivity contribution in [1.29, 1.82) is 0 Å². The third-order valence-electron chi connectivity index (χ3n) is 3.50. The molecule has 0 aromatic heterocycles. The summed E-state index contributed by atoms with van der Waals surface area (Å²) in [5.74, 6) is 0.736. The number of morpholine rings is 1. The minimum atomic E-state index is 0.385. The van der Waals surface area contributed by atoms with Gasteiger partial charge in [-0.25, -0.2) is 0 Å². The standard InChI is InChI=1S/C15H33N3O/c1-5-7-17(4)12-15-13-18(9-10-19-15)8-6-16-11-14(2)3/h14-16H,5-13H2,1-4H3/t15-/m0/s1. The van der Waals surface area contributed by atoms with E-state index in [0.29, 0.717) is 6.10 Å². The van der Waals surface area contributed by atoms with Crippen LogP contribution < -0.4 is 5.32 Å². The predicted octanol–water partition coefficient (Wildman–Crippen LogP) is 1.27. The lowest BCUT2D eigenvalue weighted by Crippen LogP contribution is -2.48. The molecule has 1 aliphatic heterocycles. The second-order valence-corrected chi connectivity index (χ2v) is 6.15. The molecule has 1 saturated heterocycles. The van der Waals surface area contributed by atoms with Crippen LogP contribution in [0.25, 0.3) is 0 Å². The molecule has 1 fully saturated rings. The highest BCUT2D eigenvalue weighted by atomic mass is 16.5. The zero-order valence-corrected chi connectivity index (χ0v) is 13.3. The van der Waals surface area contributed by atoms with E-state index in [-0.39, 0.29) is 0 Å². The van der Waals surface area contributed by atoms with E-state index in [1.54, 1.807) is 0 Å². The number of rotatable bonds is 9. The Balaban J connectivity index is 2.15. The van der Waals surface area contributed by atoms with Crippen LogP contribution in [0.2, 0.25) is 0 Å². The summed E-state index contributed by atoms with van der Waals surface area (Å²) in [6.45, 7) is 15.4. The lowest BCUT2D eigenvalue weighted by molar-refractivity contribution is -0.0399. The molecule has 1 aliphatic rings. The Morgan fingerprint density at radius 1 is 1.42 bits per heavy atom. The van der Waals surface area contributed by atoms with Gasteiger partial charge in [0.25, 0.3) is 0 Å². The first-order valence-corrected chi connectivity index (χ1v) is 7.85. The lowest BCUT2D eigenvalue weighted by atomic mass is 10.2. The first-order chi connectivity index (χ1) is 9.11. The van der Waals surface area contributed by atoms with Gasteiger partial charge < -0.3 is 15.0 Å². The molecule has 0 spiro atoms. The monoisotopic (exact) mass is 271 g/mol. The zero-order valence-electron chi connectivity index (χ0n) is 13.3. The normalized spacial score (nSPS) is 21.5. The van der Waals surface area contributed by atoms with Gasteiger partial charge >= 0.3 is 0 Å². The number of hydrogen-bond donors (Lipinski definition) is 1. The van der Waals surface area contributed by atoms with Crippen molar-refractivity contribution in [2.75, 3.05) is 59.5 Å². The van der Waals surface area contributed by atoms with Crippen molar-refractivity contribution in [2.45, 2.75) is 33.3 Å². The van der Waals surface area contributed by atoms with Crippen molar-refractivity contribution in [1.82, 2.24) is 15.1 Å². The van der Waals surface area contributed by atoms with Gasteiger partial charge in [-0.1, -0.05) is 20.8 Å². The van der Waals surface area contributed by atoms with Gasteiger partial charge in [0.15, 0.2) is 0 Å². The quantitative estimate of drug-likeness (QED) is 0.639. The van der Waals surface area contributed by atoms with Crippen molar-refractivity contribution in [2.24, 2.45) is 5.92 Å². The van der Waals surface area contributed by atoms with Gasteiger partial charge in [0.05, 0.1) is 12.7 Å². The van der Waals surface area contributed by atoms with Gasteiger partial charge in [-0.3, -0.25) is 4.90 Å². The molecule has 1 heterocycles. The minimum absolute atomic E-state index is 0.385. The van der Waals surface area contributed by atoms with Gasteiger partial charge in [0.2, 0.25) is 0 Å². The van der Waals surface area contributed by atoms with E-state index >= 15 is 0 Å². The van der Waals surface area contributed by atoms with Crippen LogP contribution in [-0.4, -0.2) is 75.4 Å². The molecule has 114 valence electrons. The maximum Gasteiger partial charge on any atom is 0.0829 e. The Hall–Kier alpha value is -0.160. The molecule has 1 N–H and O–H groups in total. The number of nitrogens with one attached hydrogen (secondary N) is 1. The molecule has 0 aliphatic carbocycles.